The first-order valence-electron chi connectivity index (χ1n) is 6.94. The Labute approximate surface area is 123 Å². The van der Waals surface area contributed by atoms with Gasteiger partial charge in [-0.05, 0) is 25.7 Å². The maximum atomic E-state index is 11.9. The molecule has 5 nitrogen and oxygen atoms in total. The predicted octanol–water partition coefficient (Wildman–Crippen LogP) is 2.85. The van der Waals surface area contributed by atoms with Gasteiger partial charge in [-0.2, -0.15) is 0 Å². The van der Waals surface area contributed by atoms with Crippen molar-refractivity contribution >= 4 is 23.2 Å². The van der Waals surface area contributed by atoms with E-state index >= 15 is 0 Å². The molecule has 0 fully saturated rings. The van der Waals surface area contributed by atoms with E-state index in [0.717, 1.165) is 25.0 Å². The summed E-state index contributed by atoms with van der Waals surface area (Å²) in [5.74, 6) is -0.479. The van der Waals surface area contributed by atoms with Gasteiger partial charge in [0.1, 0.15) is 4.88 Å². The van der Waals surface area contributed by atoms with E-state index in [1.54, 1.807) is 5.51 Å². The van der Waals surface area contributed by atoms with Gasteiger partial charge in [0.25, 0.3) is 5.91 Å². The van der Waals surface area contributed by atoms with Gasteiger partial charge >= 0.3 is 5.97 Å². The Hall–Kier alpha value is -1.43. The first-order valence-corrected chi connectivity index (χ1v) is 7.82. The van der Waals surface area contributed by atoms with E-state index in [-0.39, 0.29) is 12.3 Å². The molecule has 112 valence electrons. The van der Waals surface area contributed by atoms with Crippen LogP contribution in [0.3, 0.4) is 0 Å². The van der Waals surface area contributed by atoms with Crippen LogP contribution in [0, 0.1) is 12.8 Å². The quantitative estimate of drug-likeness (QED) is 0.734. The number of hydrogen-bond donors (Lipinski definition) is 2. The molecule has 1 aromatic heterocycles. The lowest BCUT2D eigenvalue weighted by Gasteiger charge is -2.15. The number of nitrogens with one attached hydrogen (secondary N) is 1. The second-order valence-electron chi connectivity index (χ2n) is 4.90. The summed E-state index contributed by atoms with van der Waals surface area (Å²) in [7, 11) is 0. The van der Waals surface area contributed by atoms with Crippen molar-refractivity contribution in [1.29, 1.82) is 0 Å². The van der Waals surface area contributed by atoms with Gasteiger partial charge in [-0.15, -0.1) is 11.3 Å². The minimum atomic E-state index is -0.754. The van der Waals surface area contributed by atoms with Gasteiger partial charge in [0, 0.05) is 13.0 Å². The highest BCUT2D eigenvalue weighted by molar-refractivity contribution is 7.11. The van der Waals surface area contributed by atoms with E-state index in [1.807, 2.05) is 6.92 Å². The average molecular weight is 298 g/mol. The summed E-state index contributed by atoms with van der Waals surface area (Å²) >= 11 is 1.34. The second-order valence-corrected chi connectivity index (χ2v) is 5.75. The number of aromatic nitrogens is 1. The topological polar surface area (TPSA) is 79.3 Å². The largest absolute Gasteiger partial charge is 0.481 e. The van der Waals surface area contributed by atoms with Gasteiger partial charge < -0.3 is 10.4 Å². The molecule has 0 aliphatic heterocycles. The van der Waals surface area contributed by atoms with Crippen molar-refractivity contribution in [2.24, 2.45) is 5.92 Å². The molecule has 0 radical (unpaired) electrons. The van der Waals surface area contributed by atoms with Crippen LogP contribution < -0.4 is 5.32 Å². The molecule has 2 N–H and O–H groups in total. The third-order valence-electron chi connectivity index (χ3n) is 3.25. The lowest BCUT2D eigenvalue weighted by atomic mass is 9.94. The fourth-order valence-corrected chi connectivity index (χ4v) is 2.88. The SMILES string of the molecule is CCCC(CCNC(=O)c1scnc1C)CCC(=O)O. The summed E-state index contributed by atoms with van der Waals surface area (Å²) in [6.07, 6.45) is 3.74. The number of aryl methyl sites for hydroxylation is 1. The molecule has 6 heteroatoms. The molecule has 0 bridgehead atoms. The first kappa shape index (κ1) is 16.6. The lowest BCUT2D eigenvalue weighted by Crippen LogP contribution is -2.26. The van der Waals surface area contributed by atoms with E-state index < -0.39 is 5.97 Å². The molecule has 1 heterocycles. The second kappa shape index (κ2) is 8.68. The molecule has 0 saturated carbocycles. The number of hydrogen-bond acceptors (Lipinski definition) is 4. The fraction of sp³-hybridized carbons (Fsp3) is 0.643. The highest BCUT2D eigenvalue weighted by atomic mass is 32.1. The summed E-state index contributed by atoms with van der Waals surface area (Å²) in [5, 5.41) is 11.6. The zero-order chi connectivity index (χ0) is 15.0. The molecule has 0 saturated heterocycles. The molecule has 1 atom stereocenters. The van der Waals surface area contributed by atoms with Crippen molar-refractivity contribution in [3.8, 4) is 0 Å². The van der Waals surface area contributed by atoms with Crippen molar-refractivity contribution in [2.45, 2.75) is 46.0 Å². The Balaban J connectivity index is 2.34. The molecule has 0 spiro atoms. The van der Waals surface area contributed by atoms with Crippen LogP contribution in [-0.4, -0.2) is 28.5 Å². The molecule has 0 aliphatic carbocycles. The van der Waals surface area contributed by atoms with Gasteiger partial charge in [0.05, 0.1) is 11.2 Å². The molecule has 1 aromatic rings. The smallest absolute Gasteiger partial charge is 0.303 e. The van der Waals surface area contributed by atoms with Crippen LogP contribution in [-0.2, 0) is 4.79 Å². The van der Waals surface area contributed by atoms with E-state index in [2.05, 4.69) is 17.2 Å². The number of nitrogens with zero attached hydrogens (tertiary/aromatic N) is 1. The van der Waals surface area contributed by atoms with E-state index in [0.29, 0.717) is 23.8 Å². The monoisotopic (exact) mass is 298 g/mol. The summed E-state index contributed by atoms with van der Waals surface area (Å²) < 4.78 is 0. The van der Waals surface area contributed by atoms with Crippen LogP contribution in [0.15, 0.2) is 5.51 Å². The van der Waals surface area contributed by atoms with E-state index in [9.17, 15) is 9.59 Å². The molecule has 1 amide bonds. The van der Waals surface area contributed by atoms with Crippen LogP contribution in [0.2, 0.25) is 0 Å². The molecule has 1 rings (SSSR count). The van der Waals surface area contributed by atoms with Crippen molar-refractivity contribution in [3.63, 3.8) is 0 Å². The van der Waals surface area contributed by atoms with Crippen LogP contribution in [0.1, 0.15) is 54.4 Å². The number of carbonyl (C=O) groups is 2. The third kappa shape index (κ3) is 5.69. The van der Waals surface area contributed by atoms with Crippen LogP contribution in [0.25, 0.3) is 0 Å². The molecule has 20 heavy (non-hydrogen) atoms. The standard InChI is InChI=1S/C14H22N2O3S/c1-3-4-11(5-6-12(17)18)7-8-15-14(19)13-10(2)16-9-20-13/h9,11H,3-8H2,1-2H3,(H,15,19)(H,17,18). The average Bonchev–Trinajstić information content (AvgIpc) is 2.82. The van der Waals surface area contributed by atoms with Crippen molar-refractivity contribution in [1.82, 2.24) is 10.3 Å². The maximum Gasteiger partial charge on any atom is 0.303 e. The van der Waals surface area contributed by atoms with Gasteiger partial charge in [0.2, 0.25) is 0 Å². The highest BCUT2D eigenvalue weighted by Gasteiger charge is 2.13. The predicted molar refractivity (Wildman–Crippen MR) is 79.1 cm³/mol. The van der Waals surface area contributed by atoms with Gasteiger partial charge in [-0.1, -0.05) is 19.8 Å². The Kier molecular flexibility index (Phi) is 7.22. The molecule has 1 unspecified atom stereocenters. The number of aliphatic carboxylic acids is 1. The first-order chi connectivity index (χ1) is 9.54. The maximum absolute atomic E-state index is 11.9. The molecule has 0 aliphatic rings. The van der Waals surface area contributed by atoms with Crippen LogP contribution in [0.5, 0.6) is 0 Å². The van der Waals surface area contributed by atoms with Gasteiger partial charge in [-0.25, -0.2) is 4.98 Å². The number of carbonyl (C=O) groups excluding carboxylic acids is 1. The fourth-order valence-electron chi connectivity index (χ4n) is 2.16. The van der Waals surface area contributed by atoms with Crippen molar-refractivity contribution in [2.75, 3.05) is 6.54 Å². The highest BCUT2D eigenvalue weighted by Crippen LogP contribution is 2.17. The van der Waals surface area contributed by atoms with Crippen LogP contribution >= 0.6 is 11.3 Å². The lowest BCUT2D eigenvalue weighted by molar-refractivity contribution is -0.137. The number of carboxylic acids is 1. The zero-order valence-electron chi connectivity index (χ0n) is 12.0. The number of amides is 1. The third-order valence-corrected chi connectivity index (χ3v) is 4.18. The Morgan fingerprint density at radius 3 is 2.70 bits per heavy atom. The van der Waals surface area contributed by atoms with Crippen molar-refractivity contribution < 1.29 is 14.7 Å². The van der Waals surface area contributed by atoms with E-state index in [1.165, 1.54) is 11.3 Å². The normalized spacial score (nSPS) is 12.1. The van der Waals surface area contributed by atoms with Gasteiger partial charge in [-0.3, -0.25) is 9.59 Å². The summed E-state index contributed by atoms with van der Waals surface area (Å²) in [6.45, 7) is 4.49. The Morgan fingerprint density at radius 1 is 1.40 bits per heavy atom. The molecular formula is C14H22N2O3S. The number of carboxylic acid groups (broad SMARTS) is 1. The number of thiazole rings is 1. The van der Waals surface area contributed by atoms with E-state index in [4.69, 9.17) is 5.11 Å². The van der Waals surface area contributed by atoms with Gasteiger partial charge in [0.15, 0.2) is 0 Å². The Bertz CT molecular complexity index is 445. The summed E-state index contributed by atoms with van der Waals surface area (Å²) in [4.78, 5) is 27.2. The number of rotatable bonds is 9. The molecule has 0 aromatic carbocycles. The molecular weight excluding hydrogens is 276 g/mol. The van der Waals surface area contributed by atoms with Crippen molar-refractivity contribution in [3.05, 3.63) is 16.1 Å². The summed E-state index contributed by atoms with van der Waals surface area (Å²) in [5.41, 5.74) is 2.42. The Morgan fingerprint density at radius 2 is 2.15 bits per heavy atom. The summed E-state index contributed by atoms with van der Waals surface area (Å²) in [6, 6.07) is 0. The minimum absolute atomic E-state index is 0.0847. The minimum Gasteiger partial charge on any atom is -0.481 e. The zero-order valence-corrected chi connectivity index (χ0v) is 12.8. The van der Waals surface area contributed by atoms with Crippen LogP contribution in [0.4, 0.5) is 0 Å².